The normalized spacial score (nSPS) is 24.4. The van der Waals surface area contributed by atoms with Crippen LogP contribution in [0.2, 0.25) is 0 Å². The van der Waals surface area contributed by atoms with Crippen molar-refractivity contribution < 1.29 is 32.2 Å². The van der Waals surface area contributed by atoms with Crippen molar-refractivity contribution in [1.82, 2.24) is 15.2 Å². The fraction of sp³-hybridized carbons (Fsp3) is 0.583. The van der Waals surface area contributed by atoms with E-state index in [4.69, 9.17) is 19.2 Å². The summed E-state index contributed by atoms with van der Waals surface area (Å²) in [6.07, 6.45) is -0.674. The topological polar surface area (TPSA) is 83.4 Å². The van der Waals surface area contributed by atoms with E-state index in [-0.39, 0.29) is 36.6 Å². The van der Waals surface area contributed by atoms with E-state index in [2.05, 4.69) is 10.2 Å². The smallest absolute Gasteiger partial charge is 0.391 e. The Kier molecular flexibility index (Phi) is 7.23. The maximum Gasteiger partial charge on any atom is 0.391 e. The molecule has 2 aromatic rings. The first kappa shape index (κ1) is 24.2. The Hall–Kier alpha value is -2.91. The first-order valence-corrected chi connectivity index (χ1v) is 11.5. The summed E-state index contributed by atoms with van der Waals surface area (Å²) in [5.74, 6) is -0.766. The number of aromatic nitrogens is 3. The standard InChI is InChI=1S/C24H28F3N3O4/c1-3-33-23(31)18-11-17(18)22-20(32-2)9-8-19(29-22)15-10-21(30-28-12-15)34-13-14-4-6-16(7-5-14)24(25,26)27/h8-10,12,14,16-18H,3-7,11,13H2,1-2H3/t14-,16-,17-,18-/m0/s1. The Labute approximate surface area is 196 Å². The van der Waals surface area contributed by atoms with Crippen molar-refractivity contribution in [3.05, 3.63) is 30.1 Å². The molecule has 2 heterocycles. The third kappa shape index (κ3) is 5.59. The fourth-order valence-corrected chi connectivity index (χ4v) is 4.49. The Balaban J connectivity index is 1.41. The molecule has 7 nitrogen and oxygen atoms in total. The van der Waals surface area contributed by atoms with E-state index in [0.29, 0.717) is 61.1 Å². The Morgan fingerprint density at radius 2 is 1.94 bits per heavy atom. The van der Waals surface area contributed by atoms with Crippen LogP contribution in [0.3, 0.4) is 0 Å². The molecule has 2 aliphatic carbocycles. The van der Waals surface area contributed by atoms with Crippen LogP contribution in [0.4, 0.5) is 13.2 Å². The molecule has 0 N–H and O–H groups in total. The number of carbonyl (C=O) groups is 1. The monoisotopic (exact) mass is 479 g/mol. The lowest BCUT2D eigenvalue weighted by atomic mass is 9.82. The lowest BCUT2D eigenvalue weighted by Crippen LogP contribution is -2.29. The van der Waals surface area contributed by atoms with Gasteiger partial charge in [0.25, 0.3) is 0 Å². The van der Waals surface area contributed by atoms with Gasteiger partial charge >= 0.3 is 12.1 Å². The lowest BCUT2D eigenvalue weighted by molar-refractivity contribution is -0.184. The average molecular weight is 479 g/mol. The number of alkyl halides is 3. The minimum atomic E-state index is -4.12. The van der Waals surface area contributed by atoms with E-state index >= 15 is 0 Å². The molecule has 2 fully saturated rings. The molecule has 2 aromatic heterocycles. The van der Waals surface area contributed by atoms with E-state index in [1.54, 1.807) is 38.4 Å². The number of hydrogen-bond donors (Lipinski definition) is 0. The van der Waals surface area contributed by atoms with E-state index in [9.17, 15) is 18.0 Å². The zero-order valence-electron chi connectivity index (χ0n) is 19.2. The molecule has 0 spiro atoms. The van der Waals surface area contributed by atoms with Gasteiger partial charge in [0, 0.05) is 17.5 Å². The Morgan fingerprint density at radius 3 is 2.62 bits per heavy atom. The Morgan fingerprint density at radius 1 is 1.18 bits per heavy atom. The van der Waals surface area contributed by atoms with Crippen molar-refractivity contribution in [3.63, 3.8) is 0 Å². The van der Waals surface area contributed by atoms with Crippen LogP contribution in [0.25, 0.3) is 11.3 Å². The van der Waals surface area contributed by atoms with E-state index in [1.165, 1.54) is 0 Å². The summed E-state index contributed by atoms with van der Waals surface area (Å²) in [5, 5.41) is 8.00. The van der Waals surface area contributed by atoms with Gasteiger partial charge in [-0.05, 0) is 57.1 Å². The van der Waals surface area contributed by atoms with Gasteiger partial charge in [-0.2, -0.15) is 18.3 Å². The van der Waals surface area contributed by atoms with Crippen LogP contribution < -0.4 is 9.47 Å². The molecule has 0 bridgehead atoms. The number of nitrogens with zero attached hydrogens (tertiary/aromatic N) is 3. The van der Waals surface area contributed by atoms with Crippen molar-refractivity contribution in [2.24, 2.45) is 17.8 Å². The maximum atomic E-state index is 12.9. The fourth-order valence-electron chi connectivity index (χ4n) is 4.49. The van der Waals surface area contributed by atoms with E-state index in [0.717, 1.165) is 0 Å². The van der Waals surface area contributed by atoms with Gasteiger partial charge in [0.15, 0.2) is 0 Å². The molecule has 10 heteroatoms. The van der Waals surface area contributed by atoms with Gasteiger partial charge in [-0.15, -0.1) is 5.10 Å². The van der Waals surface area contributed by atoms with Crippen molar-refractivity contribution in [3.8, 4) is 22.9 Å². The van der Waals surface area contributed by atoms with Gasteiger partial charge in [-0.1, -0.05) is 0 Å². The first-order chi connectivity index (χ1) is 16.3. The van der Waals surface area contributed by atoms with Gasteiger partial charge in [-0.3, -0.25) is 4.79 Å². The molecule has 34 heavy (non-hydrogen) atoms. The van der Waals surface area contributed by atoms with Crippen LogP contribution in [0.1, 0.15) is 50.6 Å². The Bertz CT molecular complexity index is 1010. The molecular weight excluding hydrogens is 451 g/mol. The number of halogens is 3. The number of carbonyl (C=O) groups excluding carboxylic acids is 1. The minimum Gasteiger partial charge on any atom is -0.495 e. The average Bonchev–Trinajstić information content (AvgIpc) is 3.63. The van der Waals surface area contributed by atoms with Gasteiger partial charge < -0.3 is 14.2 Å². The second-order valence-electron chi connectivity index (χ2n) is 8.84. The summed E-state index contributed by atoms with van der Waals surface area (Å²) in [5.41, 5.74) is 2.01. The van der Waals surface area contributed by atoms with Crippen LogP contribution in [0.5, 0.6) is 11.6 Å². The second kappa shape index (κ2) is 10.1. The highest BCUT2D eigenvalue weighted by Gasteiger charge is 2.47. The summed E-state index contributed by atoms with van der Waals surface area (Å²) < 4.78 is 54.9. The summed E-state index contributed by atoms with van der Waals surface area (Å²) >= 11 is 0. The largest absolute Gasteiger partial charge is 0.495 e. The number of pyridine rings is 1. The van der Waals surface area contributed by atoms with Crippen molar-refractivity contribution in [1.29, 1.82) is 0 Å². The highest BCUT2D eigenvalue weighted by molar-refractivity contribution is 5.77. The van der Waals surface area contributed by atoms with Gasteiger partial charge in [0.1, 0.15) is 5.75 Å². The van der Waals surface area contributed by atoms with E-state index in [1.807, 2.05) is 0 Å². The zero-order valence-corrected chi connectivity index (χ0v) is 19.2. The highest BCUT2D eigenvalue weighted by atomic mass is 19.4. The summed E-state index contributed by atoms with van der Waals surface area (Å²) in [7, 11) is 1.56. The predicted molar refractivity (Wildman–Crippen MR) is 116 cm³/mol. The van der Waals surface area contributed by atoms with Crippen LogP contribution in [-0.4, -0.2) is 47.7 Å². The minimum absolute atomic E-state index is 0.0597. The number of hydrogen-bond acceptors (Lipinski definition) is 7. The molecule has 0 saturated heterocycles. The molecule has 0 unspecified atom stereocenters. The van der Waals surface area contributed by atoms with Crippen LogP contribution in [-0.2, 0) is 9.53 Å². The first-order valence-electron chi connectivity index (χ1n) is 11.5. The molecule has 184 valence electrons. The van der Waals surface area contributed by atoms with Crippen LogP contribution in [0, 0.1) is 17.8 Å². The van der Waals surface area contributed by atoms with Crippen LogP contribution >= 0.6 is 0 Å². The molecule has 2 aliphatic rings. The second-order valence-corrected chi connectivity index (χ2v) is 8.84. The lowest BCUT2D eigenvalue weighted by Gasteiger charge is -2.29. The van der Waals surface area contributed by atoms with E-state index < -0.39 is 12.1 Å². The molecular formula is C24H28F3N3O4. The quantitative estimate of drug-likeness (QED) is 0.495. The van der Waals surface area contributed by atoms with Gasteiger partial charge in [-0.25, -0.2) is 4.98 Å². The van der Waals surface area contributed by atoms with Crippen LogP contribution in [0.15, 0.2) is 24.4 Å². The molecule has 0 radical (unpaired) electrons. The number of ether oxygens (including phenoxy) is 3. The molecule has 0 amide bonds. The maximum absolute atomic E-state index is 12.9. The van der Waals surface area contributed by atoms with Gasteiger partial charge in [0.05, 0.1) is 49.7 Å². The molecule has 0 aromatic carbocycles. The van der Waals surface area contributed by atoms with Crippen molar-refractivity contribution >= 4 is 5.97 Å². The number of esters is 1. The molecule has 4 rings (SSSR count). The number of methoxy groups -OCH3 is 1. The van der Waals surface area contributed by atoms with Crippen molar-refractivity contribution in [2.45, 2.75) is 51.1 Å². The molecule has 0 aliphatic heterocycles. The number of rotatable bonds is 8. The zero-order chi connectivity index (χ0) is 24.3. The predicted octanol–water partition coefficient (Wildman–Crippen LogP) is 4.96. The van der Waals surface area contributed by atoms with Crippen molar-refractivity contribution in [2.75, 3.05) is 20.3 Å². The summed E-state index contributed by atoms with van der Waals surface area (Å²) in [4.78, 5) is 16.8. The SMILES string of the molecule is CCOC(=O)[C@H]1C[C@@H]1c1nc(-c2cnnc(OC[C@H]3CC[C@H](C(F)(F)F)CC3)c2)ccc1OC. The summed E-state index contributed by atoms with van der Waals surface area (Å²) in [6, 6.07) is 5.31. The third-order valence-corrected chi connectivity index (χ3v) is 6.54. The molecule has 2 atom stereocenters. The third-order valence-electron chi connectivity index (χ3n) is 6.54. The summed E-state index contributed by atoms with van der Waals surface area (Å²) in [6.45, 7) is 2.41. The van der Waals surface area contributed by atoms with Gasteiger partial charge in [0.2, 0.25) is 5.88 Å². The highest BCUT2D eigenvalue weighted by Crippen LogP contribution is 2.50. The molecule has 2 saturated carbocycles.